The van der Waals surface area contributed by atoms with Crippen LogP contribution in [0.4, 0.5) is 0 Å². The fourth-order valence-electron chi connectivity index (χ4n) is 2.41. The quantitative estimate of drug-likeness (QED) is 0.668. The zero-order chi connectivity index (χ0) is 15.9. The average Bonchev–Trinajstić information content (AvgIpc) is 3.04. The highest BCUT2D eigenvalue weighted by Crippen LogP contribution is 2.20. The molecule has 1 aromatic rings. The van der Waals surface area contributed by atoms with E-state index in [0.29, 0.717) is 6.54 Å². The van der Waals surface area contributed by atoms with Gasteiger partial charge in [0.1, 0.15) is 17.4 Å². The van der Waals surface area contributed by atoms with Crippen molar-refractivity contribution in [2.75, 3.05) is 20.3 Å². The van der Waals surface area contributed by atoms with E-state index < -0.39 is 0 Å². The second-order valence-corrected chi connectivity index (χ2v) is 5.24. The molecular weight excluding hydrogens is 280 g/mol. The van der Waals surface area contributed by atoms with Crippen molar-refractivity contribution in [1.82, 2.24) is 5.32 Å². The molecule has 5 heteroatoms. The van der Waals surface area contributed by atoms with Crippen LogP contribution in [0.2, 0.25) is 0 Å². The molecule has 1 N–H and O–H groups in total. The summed E-state index contributed by atoms with van der Waals surface area (Å²) in [6.07, 6.45) is 3.61. The second-order valence-electron chi connectivity index (χ2n) is 5.24. The number of carbonyl (C=O) groups excluding carboxylic acids is 1. The number of aryl methyl sites for hydroxylation is 1. The average molecular weight is 300 g/mol. The SMILES string of the molecule is COc1ccc(/C=C(\C#N)C(=O)NC[C@@H]2CCCO2)cc1C. The Labute approximate surface area is 130 Å². The summed E-state index contributed by atoms with van der Waals surface area (Å²) >= 11 is 0. The topological polar surface area (TPSA) is 71.3 Å². The van der Waals surface area contributed by atoms with E-state index in [1.807, 2.05) is 31.2 Å². The van der Waals surface area contributed by atoms with Crippen LogP contribution in [0.25, 0.3) is 6.08 Å². The highest BCUT2D eigenvalue weighted by Gasteiger charge is 2.17. The first kappa shape index (κ1) is 16.1. The summed E-state index contributed by atoms with van der Waals surface area (Å²) < 4.78 is 10.6. The van der Waals surface area contributed by atoms with Crippen LogP contribution in [-0.2, 0) is 9.53 Å². The summed E-state index contributed by atoms with van der Waals surface area (Å²) in [6.45, 7) is 3.10. The second kappa shape index (κ2) is 7.62. The first-order valence-corrected chi connectivity index (χ1v) is 7.30. The minimum absolute atomic E-state index is 0.0622. The van der Waals surface area contributed by atoms with Gasteiger partial charge in [0, 0.05) is 13.2 Å². The van der Waals surface area contributed by atoms with Crippen LogP contribution in [0, 0.1) is 18.3 Å². The molecule has 1 aliphatic rings. The number of carbonyl (C=O) groups is 1. The minimum Gasteiger partial charge on any atom is -0.496 e. The van der Waals surface area contributed by atoms with Gasteiger partial charge >= 0.3 is 0 Å². The van der Waals surface area contributed by atoms with Gasteiger partial charge in [-0.15, -0.1) is 0 Å². The fraction of sp³-hybridized carbons (Fsp3) is 0.412. The van der Waals surface area contributed by atoms with Crippen LogP contribution in [0.15, 0.2) is 23.8 Å². The third-order valence-corrected chi connectivity index (χ3v) is 3.61. The van der Waals surface area contributed by atoms with Crippen molar-refractivity contribution in [3.8, 4) is 11.8 Å². The van der Waals surface area contributed by atoms with Gasteiger partial charge in [-0.05, 0) is 49.1 Å². The normalized spacial score (nSPS) is 17.9. The highest BCUT2D eigenvalue weighted by atomic mass is 16.5. The van der Waals surface area contributed by atoms with Crippen molar-refractivity contribution in [2.24, 2.45) is 0 Å². The van der Waals surface area contributed by atoms with Gasteiger partial charge in [0.05, 0.1) is 13.2 Å². The molecule has 1 fully saturated rings. The van der Waals surface area contributed by atoms with Crippen LogP contribution < -0.4 is 10.1 Å². The zero-order valence-electron chi connectivity index (χ0n) is 12.9. The number of hydrogen-bond acceptors (Lipinski definition) is 4. The molecule has 0 aliphatic carbocycles. The molecule has 0 unspecified atom stereocenters. The van der Waals surface area contributed by atoms with E-state index in [-0.39, 0.29) is 17.6 Å². The maximum atomic E-state index is 12.1. The lowest BCUT2D eigenvalue weighted by molar-refractivity contribution is -0.117. The molecule has 0 aromatic heterocycles. The van der Waals surface area contributed by atoms with E-state index in [0.717, 1.165) is 36.3 Å². The van der Waals surface area contributed by atoms with Gasteiger partial charge in [-0.3, -0.25) is 4.79 Å². The molecular formula is C17H20N2O3. The van der Waals surface area contributed by atoms with Crippen molar-refractivity contribution in [2.45, 2.75) is 25.9 Å². The molecule has 0 bridgehead atoms. The number of ether oxygens (including phenoxy) is 2. The Morgan fingerprint density at radius 3 is 3.00 bits per heavy atom. The number of benzene rings is 1. The van der Waals surface area contributed by atoms with Crippen molar-refractivity contribution < 1.29 is 14.3 Å². The highest BCUT2D eigenvalue weighted by molar-refractivity contribution is 6.01. The molecule has 1 atom stereocenters. The van der Waals surface area contributed by atoms with Gasteiger partial charge < -0.3 is 14.8 Å². The molecule has 1 aromatic carbocycles. The monoisotopic (exact) mass is 300 g/mol. The molecule has 0 saturated carbocycles. The number of amides is 1. The van der Waals surface area contributed by atoms with Crippen LogP contribution in [0.5, 0.6) is 5.75 Å². The van der Waals surface area contributed by atoms with Crippen molar-refractivity contribution in [3.05, 3.63) is 34.9 Å². The van der Waals surface area contributed by atoms with Crippen molar-refractivity contribution in [1.29, 1.82) is 5.26 Å². The maximum Gasteiger partial charge on any atom is 0.262 e. The van der Waals surface area contributed by atoms with Gasteiger partial charge in [-0.2, -0.15) is 5.26 Å². The maximum absolute atomic E-state index is 12.1. The lowest BCUT2D eigenvalue weighted by atomic mass is 10.1. The Balaban J connectivity index is 2.04. The third-order valence-electron chi connectivity index (χ3n) is 3.61. The van der Waals surface area contributed by atoms with Gasteiger partial charge in [-0.25, -0.2) is 0 Å². The lowest BCUT2D eigenvalue weighted by Gasteiger charge is -2.10. The predicted molar refractivity (Wildman–Crippen MR) is 83.3 cm³/mol. The molecule has 1 aliphatic heterocycles. The number of hydrogen-bond donors (Lipinski definition) is 1. The van der Waals surface area contributed by atoms with Gasteiger partial charge in [0.2, 0.25) is 0 Å². The molecule has 0 spiro atoms. The van der Waals surface area contributed by atoms with Gasteiger partial charge in [0.25, 0.3) is 5.91 Å². The van der Waals surface area contributed by atoms with Gasteiger partial charge in [0.15, 0.2) is 0 Å². The fourth-order valence-corrected chi connectivity index (χ4v) is 2.41. The molecule has 116 valence electrons. The minimum atomic E-state index is -0.369. The van der Waals surface area contributed by atoms with E-state index in [9.17, 15) is 10.1 Å². The first-order valence-electron chi connectivity index (χ1n) is 7.30. The predicted octanol–water partition coefficient (Wildman–Crippen LogP) is 2.21. The Morgan fingerprint density at radius 2 is 2.41 bits per heavy atom. The molecule has 1 saturated heterocycles. The largest absolute Gasteiger partial charge is 0.496 e. The lowest BCUT2D eigenvalue weighted by Crippen LogP contribution is -2.32. The molecule has 2 rings (SSSR count). The van der Waals surface area contributed by atoms with Crippen molar-refractivity contribution >= 4 is 12.0 Å². The zero-order valence-corrected chi connectivity index (χ0v) is 12.9. The number of nitrogens with zero attached hydrogens (tertiary/aromatic N) is 1. The molecule has 1 heterocycles. The summed E-state index contributed by atoms with van der Waals surface area (Å²) in [6, 6.07) is 7.47. The van der Waals surface area contributed by atoms with E-state index in [2.05, 4.69) is 5.32 Å². The summed E-state index contributed by atoms with van der Waals surface area (Å²) in [5, 5.41) is 11.9. The standard InChI is InChI=1S/C17H20N2O3/c1-12-8-13(5-6-16(12)21-2)9-14(10-18)17(20)19-11-15-4-3-7-22-15/h5-6,8-9,15H,3-4,7,11H2,1-2H3,(H,19,20)/b14-9+/t15-/m0/s1. The van der Waals surface area contributed by atoms with E-state index in [1.54, 1.807) is 13.2 Å². The van der Waals surface area contributed by atoms with E-state index in [1.165, 1.54) is 0 Å². The molecule has 22 heavy (non-hydrogen) atoms. The molecule has 0 radical (unpaired) electrons. The molecule has 1 amide bonds. The first-order chi connectivity index (χ1) is 10.6. The smallest absolute Gasteiger partial charge is 0.262 e. The summed E-state index contributed by atoms with van der Waals surface area (Å²) in [5.41, 5.74) is 1.83. The van der Waals surface area contributed by atoms with Crippen LogP contribution >= 0.6 is 0 Å². The Hall–Kier alpha value is -2.32. The van der Waals surface area contributed by atoms with Gasteiger partial charge in [-0.1, -0.05) is 6.07 Å². The number of nitriles is 1. The summed E-state index contributed by atoms with van der Waals surface area (Å²) in [5.74, 6) is 0.407. The van der Waals surface area contributed by atoms with Crippen molar-refractivity contribution in [3.63, 3.8) is 0 Å². The Bertz CT molecular complexity index is 611. The Kier molecular flexibility index (Phi) is 5.56. The summed E-state index contributed by atoms with van der Waals surface area (Å²) in [4.78, 5) is 12.1. The number of methoxy groups -OCH3 is 1. The Morgan fingerprint density at radius 1 is 1.59 bits per heavy atom. The third kappa shape index (κ3) is 4.09. The molecule has 5 nitrogen and oxygen atoms in total. The number of rotatable bonds is 5. The van der Waals surface area contributed by atoms with Crippen LogP contribution in [0.1, 0.15) is 24.0 Å². The van der Waals surface area contributed by atoms with Crippen LogP contribution in [0.3, 0.4) is 0 Å². The summed E-state index contributed by atoms with van der Waals surface area (Å²) in [7, 11) is 1.61. The van der Waals surface area contributed by atoms with E-state index >= 15 is 0 Å². The number of nitrogens with one attached hydrogen (secondary N) is 1. The van der Waals surface area contributed by atoms with Crippen LogP contribution in [-0.4, -0.2) is 32.3 Å². The van der Waals surface area contributed by atoms with E-state index in [4.69, 9.17) is 9.47 Å².